The molecule has 0 radical (unpaired) electrons. The smallest absolute Gasteiger partial charge is 0.203 e. The maximum Gasteiger partial charge on any atom is 0.203 e. The molecule has 6 heteroatoms. The molecule has 0 unspecified atom stereocenters. The first-order valence-electron chi connectivity index (χ1n) is 7.85. The van der Waals surface area contributed by atoms with Crippen molar-refractivity contribution >= 4 is 12.4 Å². The van der Waals surface area contributed by atoms with E-state index in [-0.39, 0.29) is 12.4 Å². The van der Waals surface area contributed by atoms with Gasteiger partial charge in [-0.25, -0.2) is 0 Å². The highest BCUT2D eigenvalue weighted by atomic mass is 35.5. The van der Waals surface area contributed by atoms with E-state index in [4.69, 9.17) is 18.9 Å². The van der Waals surface area contributed by atoms with Gasteiger partial charge in [-0.3, -0.25) is 0 Å². The normalized spacial score (nSPS) is 9.92. The molecule has 0 bridgehead atoms. The van der Waals surface area contributed by atoms with Crippen LogP contribution in [0.3, 0.4) is 0 Å². The predicted molar refractivity (Wildman–Crippen MR) is 102 cm³/mol. The van der Waals surface area contributed by atoms with Gasteiger partial charge in [-0.1, -0.05) is 18.2 Å². The maximum absolute atomic E-state index is 5.49. The van der Waals surface area contributed by atoms with Gasteiger partial charge in [0, 0.05) is 12.1 Å². The van der Waals surface area contributed by atoms with Crippen LogP contribution in [0.2, 0.25) is 0 Å². The van der Waals surface area contributed by atoms with E-state index in [1.807, 2.05) is 24.3 Å². The summed E-state index contributed by atoms with van der Waals surface area (Å²) in [5.41, 5.74) is 2.30. The van der Waals surface area contributed by atoms with Crippen molar-refractivity contribution in [2.75, 3.05) is 35.0 Å². The van der Waals surface area contributed by atoms with E-state index in [0.717, 1.165) is 24.3 Å². The molecule has 2 rings (SSSR count). The van der Waals surface area contributed by atoms with Crippen molar-refractivity contribution in [3.8, 4) is 23.0 Å². The number of hydrogen-bond donors (Lipinski definition) is 1. The van der Waals surface area contributed by atoms with Crippen LogP contribution in [0.15, 0.2) is 36.4 Å². The van der Waals surface area contributed by atoms with Crippen molar-refractivity contribution < 1.29 is 18.9 Å². The Balaban J connectivity index is 0.00000312. The second-order valence-corrected chi connectivity index (χ2v) is 5.27. The second-order valence-electron chi connectivity index (χ2n) is 5.27. The lowest BCUT2D eigenvalue weighted by molar-refractivity contribution is 0.321. The lowest BCUT2D eigenvalue weighted by Gasteiger charge is -2.16. The molecular weight excluding hydrogens is 342 g/mol. The third-order valence-corrected chi connectivity index (χ3v) is 3.85. The molecule has 0 aliphatic heterocycles. The molecule has 1 N–H and O–H groups in total. The monoisotopic (exact) mass is 367 g/mol. The molecule has 2 aromatic carbocycles. The Bertz CT molecular complexity index is 647. The minimum atomic E-state index is 0. The van der Waals surface area contributed by atoms with Gasteiger partial charge in [0.1, 0.15) is 5.75 Å². The van der Waals surface area contributed by atoms with Crippen molar-refractivity contribution in [2.45, 2.75) is 13.0 Å². The van der Waals surface area contributed by atoms with Gasteiger partial charge in [0.25, 0.3) is 0 Å². The Labute approximate surface area is 155 Å². The zero-order valence-corrected chi connectivity index (χ0v) is 15.9. The van der Waals surface area contributed by atoms with Crippen molar-refractivity contribution in [2.24, 2.45) is 0 Å². The summed E-state index contributed by atoms with van der Waals surface area (Å²) in [4.78, 5) is 0. The zero-order valence-electron chi connectivity index (χ0n) is 15.1. The van der Waals surface area contributed by atoms with Gasteiger partial charge in [-0.15, -0.1) is 12.4 Å². The van der Waals surface area contributed by atoms with Crippen LogP contribution in [-0.4, -0.2) is 35.0 Å². The lowest BCUT2D eigenvalue weighted by atomic mass is 10.1. The van der Waals surface area contributed by atoms with E-state index >= 15 is 0 Å². The highest BCUT2D eigenvalue weighted by Gasteiger charge is 2.15. The SMILES string of the molecule is COc1ccc(CCNCc2ccc(OC)c(OC)c2OC)cc1.Cl. The number of nitrogens with one attached hydrogen (secondary N) is 1. The molecule has 0 saturated heterocycles. The average molecular weight is 368 g/mol. The molecule has 0 amide bonds. The quantitative estimate of drug-likeness (QED) is 0.688. The largest absolute Gasteiger partial charge is 0.497 e. The van der Waals surface area contributed by atoms with Crippen LogP contribution >= 0.6 is 12.4 Å². The summed E-state index contributed by atoms with van der Waals surface area (Å²) in [5.74, 6) is 2.86. The summed E-state index contributed by atoms with van der Waals surface area (Å²) in [6.07, 6.45) is 0.944. The van der Waals surface area contributed by atoms with Crippen LogP contribution in [0.4, 0.5) is 0 Å². The minimum absolute atomic E-state index is 0. The average Bonchev–Trinajstić information content (AvgIpc) is 2.64. The Morgan fingerprint density at radius 1 is 0.760 bits per heavy atom. The highest BCUT2D eigenvalue weighted by molar-refractivity contribution is 5.85. The zero-order chi connectivity index (χ0) is 17.4. The van der Waals surface area contributed by atoms with Gasteiger partial charge in [-0.2, -0.15) is 0 Å². The summed E-state index contributed by atoms with van der Waals surface area (Å²) in [6.45, 7) is 1.56. The number of hydrogen-bond acceptors (Lipinski definition) is 5. The summed E-state index contributed by atoms with van der Waals surface area (Å²) in [6, 6.07) is 12.0. The van der Waals surface area contributed by atoms with E-state index in [1.165, 1.54) is 5.56 Å². The fraction of sp³-hybridized carbons (Fsp3) is 0.368. The third-order valence-electron chi connectivity index (χ3n) is 3.85. The number of halogens is 1. The van der Waals surface area contributed by atoms with E-state index in [1.54, 1.807) is 28.4 Å². The van der Waals surface area contributed by atoms with E-state index in [9.17, 15) is 0 Å². The fourth-order valence-electron chi connectivity index (χ4n) is 2.55. The summed E-state index contributed by atoms with van der Waals surface area (Å²) < 4.78 is 21.4. The molecule has 0 fully saturated rings. The summed E-state index contributed by atoms with van der Waals surface area (Å²) in [5, 5.41) is 3.43. The van der Waals surface area contributed by atoms with E-state index < -0.39 is 0 Å². The van der Waals surface area contributed by atoms with E-state index in [2.05, 4.69) is 17.4 Å². The van der Waals surface area contributed by atoms with Crippen molar-refractivity contribution in [3.05, 3.63) is 47.5 Å². The minimum Gasteiger partial charge on any atom is -0.497 e. The molecule has 2 aromatic rings. The summed E-state index contributed by atoms with van der Waals surface area (Å²) in [7, 11) is 6.54. The lowest BCUT2D eigenvalue weighted by Crippen LogP contribution is -2.17. The van der Waals surface area contributed by atoms with Gasteiger partial charge in [0.05, 0.1) is 28.4 Å². The molecule has 0 heterocycles. The van der Waals surface area contributed by atoms with Crippen molar-refractivity contribution in [1.82, 2.24) is 5.32 Å². The van der Waals surface area contributed by atoms with Crippen LogP contribution in [0, 0.1) is 0 Å². The molecule has 0 aliphatic carbocycles. The molecular formula is C19H26ClNO4. The van der Waals surface area contributed by atoms with Crippen LogP contribution in [0.25, 0.3) is 0 Å². The van der Waals surface area contributed by atoms with Crippen molar-refractivity contribution in [1.29, 1.82) is 0 Å². The number of benzene rings is 2. The molecule has 5 nitrogen and oxygen atoms in total. The van der Waals surface area contributed by atoms with Gasteiger partial charge >= 0.3 is 0 Å². The molecule has 0 saturated carbocycles. The van der Waals surface area contributed by atoms with Gasteiger partial charge in [0.2, 0.25) is 5.75 Å². The summed E-state index contributed by atoms with van der Waals surface area (Å²) >= 11 is 0. The number of rotatable bonds is 9. The van der Waals surface area contributed by atoms with Crippen LogP contribution in [0.1, 0.15) is 11.1 Å². The Kier molecular flexibility index (Phi) is 8.95. The van der Waals surface area contributed by atoms with Crippen LogP contribution < -0.4 is 24.3 Å². The highest BCUT2D eigenvalue weighted by Crippen LogP contribution is 2.39. The predicted octanol–water partition coefficient (Wildman–Crippen LogP) is 3.48. The number of ether oxygens (including phenoxy) is 4. The second kappa shape index (κ2) is 10.7. The molecule has 0 aromatic heterocycles. The standard InChI is InChI=1S/C19H25NO4.ClH/c1-21-16-8-5-14(6-9-16)11-12-20-13-15-7-10-17(22-2)19(24-4)18(15)23-3;/h5-10,20H,11-13H2,1-4H3;1H. The topological polar surface area (TPSA) is 49.0 Å². The Hall–Kier alpha value is -2.11. The first-order valence-corrected chi connectivity index (χ1v) is 7.85. The molecule has 138 valence electrons. The third kappa shape index (κ3) is 5.44. The van der Waals surface area contributed by atoms with Gasteiger partial charge < -0.3 is 24.3 Å². The number of methoxy groups -OCH3 is 4. The van der Waals surface area contributed by atoms with Gasteiger partial charge in [0.15, 0.2) is 11.5 Å². The van der Waals surface area contributed by atoms with Crippen LogP contribution in [-0.2, 0) is 13.0 Å². The fourth-order valence-corrected chi connectivity index (χ4v) is 2.55. The molecule has 0 aliphatic rings. The molecule has 0 atom stereocenters. The first kappa shape index (κ1) is 20.9. The maximum atomic E-state index is 5.49. The van der Waals surface area contributed by atoms with Crippen LogP contribution in [0.5, 0.6) is 23.0 Å². The van der Waals surface area contributed by atoms with E-state index in [0.29, 0.717) is 23.8 Å². The van der Waals surface area contributed by atoms with Crippen molar-refractivity contribution in [3.63, 3.8) is 0 Å². The first-order chi connectivity index (χ1) is 11.7. The Morgan fingerprint density at radius 2 is 1.44 bits per heavy atom. The molecule has 25 heavy (non-hydrogen) atoms. The Morgan fingerprint density at radius 3 is 2.00 bits per heavy atom. The van der Waals surface area contributed by atoms with Gasteiger partial charge in [-0.05, 0) is 36.7 Å². The molecule has 0 spiro atoms.